The van der Waals surface area contributed by atoms with Gasteiger partial charge < -0.3 is 10.6 Å². The molecule has 1 aromatic carbocycles. The van der Waals surface area contributed by atoms with Crippen molar-refractivity contribution >= 4 is 23.0 Å². The number of hydrogen-bond acceptors (Lipinski definition) is 3. The van der Waals surface area contributed by atoms with Crippen molar-refractivity contribution in [2.45, 2.75) is 47.3 Å². The molecule has 2 N–H and O–H groups in total. The van der Waals surface area contributed by atoms with E-state index in [1.165, 1.54) is 11.1 Å². The van der Waals surface area contributed by atoms with Crippen molar-refractivity contribution in [2.75, 3.05) is 5.32 Å². The van der Waals surface area contributed by atoms with Gasteiger partial charge in [0.05, 0.1) is 29.8 Å². The summed E-state index contributed by atoms with van der Waals surface area (Å²) < 4.78 is 3.91. The molecule has 7 heteroatoms. The molecule has 0 saturated carbocycles. The lowest BCUT2D eigenvalue weighted by Gasteiger charge is -2.11. The zero-order valence-corrected chi connectivity index (χ0v) is 17.1. The molecule has 0 radical (unpaired) electrons. The Hall–Kier alpha value is -2.67. The normalized spacial score (nSPS) is 10.8. The van der Waals surface area contributed by atoms with E-state index in [1.54, 1.807) is 0 Å². The fraction of sp³-hybridized carbons (Fsp3) is 0.350. The first kappa shape index (κ1) is 19.1. The summed E-state index contributed by atoms with van der Waals surface area (Å²) in [5, 5.41) is 16.1. The van der Waals surface area contributed by atoms with Crippen LogP contribution in [0.1, 0.15) is 35.0 Å². The minimum atomic E-state index is 0.584. The van der Waals surface area contributed by atoms with E-state index < -0.39 is 0 Å². The van der Waals surface area contributed by atoms with Crippen LogP contribution < -0.4 is 10.6 Å². The summed E-state index contributed by atoms with van der Waals surface area (Å²) >= 11 is 5.46. The third-order valence-electron chi connectivity index (χ3n) is 4.54. The van der Waals surface area contributed by atoms with E-state index in [0.717, 1.165) is 35.7 Å². The number of aryl methyl sites for hydroxylation is 3. The lowest BCUT2D eigenvalue weighted by molar-refractivity contribution is 0.659. The zero-order valence-electron chi connectivity index (χ0n) is 16.3. The fourth-order valence-electron chi connectivity index (χ4n) is 2.91. The molecule has 3 aromatic rings. The van der Waals surface area contributed by atoms with Crippen LogP contribution in [-0.4, -0.2) is 24.7 Å². The molecule has 0 aliphatic carbocycles. The molecule has 0 amide bonds. The molecular weight excluding hydrogens is 356 g/mol. The third kappa shape index (κ3) is 4.74. The maximum atomic E-state index is 5.46. The van der Waals surface area contributed by atoms with Gasteiger partial charge in [0.2, 0.25) is 0 Å². The summed E-state index contributed by atoms with van der Waals surface area (Å²) in [6.45, 7) is 10.5. The van der Waals surface area contributed by atoms with Crippen LogP contribution in [0.15, 0.2) is 36.7 Å². The quantitative estimate of drug-likeness (QED) is 0.639. The minimum Gasteiger partial charge on any atom is -0.358 e. The smallest absolute Gasteiger partial charge is 0.171 e. The summed E-state index contributed by atoms with van der Waals surface area (Å²) in [4.78, 5) is 0. The Morgan fingerprint density at radius 1 is 1.11 bits per heavy atom. The molecule has 0 aliphatic heterocycles. The topological polar surface area (TPSA) is 59.7 Å². The summed E-state index contributed by atoms with van der Waals surface area (Å²) in [5.41, 5.74) is 6.55. The van der Waals surface area contributed by atoms with Crippen molar-refractivity contribution in [1.82, 2.24) is 24.9 Å². The van der Waals surface area contributed by atoms with Crippen LogP contribution in [0, 0.1) is 20.8 Å². The number of hydrogen-bond donors (Lipinski definition) is 2. The molecule has 0 atom stereocenters. The second-order valence-electron chi connectivity index (χ2n) is 6.70. The average molecular weight is 383 g/mol. The van der Waals surface area contributed by atoms with Gasteiger partial charge in [-0.15, -0.1) is 0 Å². The molecule has 6 nitrogen and oxygen atoms in total. The van der Waals surface area contributed by atoms with E-state index >= 15 is 0 Å². The highest BCUT2D eigenvalue weighted by molar-refractivity contribution is 7.80. The summed E-state index contributed by atoms with van der Waals surface area (Å²) in [6.07, 6.45) is 3.88. The Kier molecular flexibility index (Phi) is 5.91. The van der Waals surface area contributed by atoms with Gasteiger partial charge in [-0.1, -0.05) is 29.8 Å². The van der Waals surface area contributed by atoms with E-state index in [9.17, 15) is 0 Å². The zero-order chi connectivity index (χ0) is 19.4. The first-order chi connectivity index (χ1) is 13.0. The molecule has 0 unspecified atom stereocenters. The fourth-order valence-corrected chi connectivity index (χ4v) is 3.08. The Labute approximate surface area is 165 Å². The second-order valence-corrected chi connectivity index (χ2v) is 7.11. The molecule has 142 valence electrons. The SMILES string of the molecule is CCn1cc(CNC(=S)Nc2c(C)nn(Cc3ccc(C)cc3)c2C)cn1. The number of nitrogens with zero attached hydrogens (tertiary/aromatic N) is 4. The van der Waals surface area contributed by atoms with Crippen LogP contribution in [0.25, 0.3) is 0 Å². The second kappa shape index (κ2) is 8.35. The van der Waals surface area contributed by atoms with Gasteiger partial charge in [0.1, 0.15) is 0 Å². The van der Waals surface area contributed by atoms with E-state index in [4.69, 9.17) is 12.2 Å². The van der Waals surface area contributed by atoms with Crippen LogP contribution in [0.5, 0.6) is 0 Å². The van der Waals surface area contributed by atoms with Crippen molar-refractivity contribution < 1.29 is 0 Å². The Morgan fingerprint density at radius 2 is 1.85 bits per heavy atom. The summed E-state index contributed by atoms with van der Waals surface area (Å²) in [7, 11) is 0. The van der Waals surface area contributed by atoms with E-state index in [2.05, 4.69) is 65.9 Å². The molecule has 0 bridgehead atoms. The average Bonchev–Trinajstić information content (AvgIpc) is 3.22. The predicted octanol–water partition coefficient (Wildman–Crippen LogP) is 3.56. The number of nitrogens with one attached hydrogen (secondary N) is 2. The maximum Gasteiger partial charge on any atom is 0.171 e. The molecule has 2 heterocycles. The van der Waals surface area contributed by atoms with Crippen LogP contribution in [-0.2, 0) is 19.6 Å². The molecule has 0 fully saturated rings. The standard InChI is InChI=1S/C20H26N6S/c1-5-25-12-18(11-22-25)10-21-20(27)23-19-15(3)24-26(16(19)4)13-17-8-6-14(2)7-9-17/h6-9,11-12H,5,10,13H2,1-4H3,(H2,21,23,27). The first-order valence-corrected chi connectivity index (χ1v) is 9.52. The van der Waals surface area contributed by atoms with Gasteiger partial charge in [-0.3, -0.25) is 9.36 Å². The van der Waals surface area contributed by atoms with Gasteiger partial charge in [0, 0.05) is 24.8 Å². The number of rotatable bonds is 6. The first-order valence-electron chi connectivity index (χ1n) is 9.12. The Balaban J connectivity index is 1.63. The van der Waals surface area contributed by atoms with Gasteiger partial charge in [-0.25, -0.2) is 0 Å². The summed E-state index contributed by atoms with van der Waals surface area (Å²) in [5.74, 6) is 0. The van der Waals surface area contributed by atoms with Crippen LogP contribution in [0.4, 0.5) is 5.69 Å². The lowest BCUT2D eigenvalue weighted by atomic mass is 10.1. The van der Waals surface area contributed by atoms with Crippen molar-refractivity contribution in [3.8, 4) is 0 Å². The molecule has 0 aliphatic rings. The van der Waals surface area contributed by atoms with Crippen LogP contribution in [0.3, 0.4) is 0 Å². The highest BCUT2D eigenvalue weighted by Gasteiger charge is 2.13. The number of thiocarbonyl (C=S) groups is 1. The molecule has 3 rings (SSSR count). The van der Waals surface area contributed by atoms with E-state index in [0.29, 0.717) is 11.7 Å². The van der Waals surface area contributed by atoms with E-state index in [1.807, 2.05) is 28.7 Å². The van der Waals surface area contributed by atoms with Crippen LogP contribution >= 0.6 is 12.2 Å². The molecule has 0 spiro atoms. The third-order valence-corrected chi connectivity index (χ3v) is 4.78. The summed E-state index contributed by atoms with van der Waals surface area (Å²) in [6, 6.07) is 8.53. The van der Waals surface area contributed by atoms with Gasteiger partial charge in [-0.2, -0.15) is 10.2 Å². The van der Waals surface area contributed by atoms with Crippen molar-refractivity contribution in [2.24, 2.45) is 0 Å². The van der Waals surface area contributed by atoms with Crippen molar-refractivity contribution in [3.05, 3.63) is 64.7 Å². The highest BCUT2D eigenvalue weighted by Crippen LogP contribution is 2.20. The van der Waals surface area contributed by atoms with Crippen LogP contribution in [0.2, 0.25) is 0 Å². The maximum absolute atomic E-state index is 5.46. The van der Waals surface area contributed by atoms with Gasteiger partial charge >= 0.3 is 0 Å². The predicted molar refractivity (Wildman–Crippen MR) is 113 cm³/mol. The number of anilines is 1. The largest absolute Gasteiger partial charge is 0.358 e. The van der Waals surface area contributed by atoms with Crippen molar-refractivity contribution in [3.63, 3.8) is 0 Å². The molecule has 27 heavy (non-hydrogen) atoms. The Morgan fingerprint density at radius 3 is 2.52 bits per heavy atom. The lowest BCUT2D eigenvalue weighted by Crippen LogP contribution is -2.28. The molecular formula is C20H26N6S. The molecule has 2 aromatic heterocycles. The molecule has 0 saturated heterocycles. The highest BCUT2D eigenvalue weighted by atomic mass is 32.1. The van der Waals surface area contributed by atoms with Gasteiger partial charge in [-0.05, 0) is 45.5 Å². The van der Waals surface area contributed by atoms with Gasteiger partial charge in [0.25, 0.3) is 0 Å². The number of benzene rings is 1. The Bertz CT molecular complexity index is 923. The van der Waals surface area contributed by atoms with Gasteiger partial charge in [0.15, 0.2) is 5.11 Å². The number of aromatic nitrogens is 4. The minimum absolute atomic E-state index is 0.584. The van der Waals surface area contributed by atoms with Crippen molar-refractivity contribution in [1.29, 1.82) is 0 Å². The monoisotopic (exact) mass is 382 g/mol. The van der Waals surface area contributed by atoms with E-state index in [-0.39, 0.29) is 0 Å².